The molecular weight excluding hydrogens is 232 g/mol. The van der Waals surface area contributed by atoms with Gasteiger partial charge in [0.15, 0.2) is 0 Å². The van der Waals surface area contributed by atoms with E-state index in [-0.39, 0.29) is 11.9 Å². The lowest BCUT2D eigenvalue weighted by atomic mass is 9.72. The van der Waals surface area contributed by atoms with E-state index in [9.17, 15) is 9.59 Å². The van der Waals surface area contributed by atoms with Gasteiger partial charge in [-0.15, -0.1) is 0 Å². The van der Waals surface area contributed by atoms with Gasteiger partial charge < -0.3 is 9.47 Å². The van der Waals surface area contributed by atoms with E-state index in [1.54, 1.807) is 27.7 Å². The van der Waals surface area contributed by atoms with E-state index >= 15 is 0 Å². The molecule has 4 heteroatoms. The predicted octanol–water partition coefficient (Wildman–Crippen LogP) is 2.47. The molecule has 0 amide bonds. The highest BCUT2D eigenvalue weighted by Gasteiger charge is 2.61. The number of carbonyl (C=O) groups excluding carboxylic acids is 2. The molecule has 0 aromatic rings. The van der Waals surface area contributed by atoms with Crippen LogP contribution < -0.4 is 0 Å². The minimum absolute atomic E-state index is 0.296. The summed E-state index contributed by atoms with van der Waals surface area (Å²) >= 11 is 0. The van der Waals surface area contributed by atoms with Crippen molar-refractivity contribution in [2.45, 2.75) is 47.1 Å². The van der Waals surface area contributed by atoms with E-state index in [0.717, 1.165) is 5.57 Å². The number of esters is 2. The maximum absolute atomic E-state index is 12.1. The summed E-state index contributed by atoms with van der Waals surface area (Å²) in [5, 5.41) is 0. The van der Waals surface area contributed by atoms with Crippen LogP contribution in [0.15, 0.2) is 11.6 Å². The molecule has 2 atom stereocenters. The van der Waals surface area contributed by atoms with Crippen molar-refractivity contribution in [1.29, 1.82) is 0 Å². The second-order valence-corrected chi connectivity index (χ2v) is 5.70. The maximum Gasteiger partial charge on any atom is 0.314 e. The topological polar surface area (TPSA) is 52.6 Å². The normalized spacial score (nSPS) is 29.7. The first-order valence-electron chi connectivity index (χ1n) is 6.21. The summed E-state index contributed by atoms with van der Waals surface area (Å²) in [6.07, 6.45) is 1.82. The van der Waals surface area contributed by atoms with Gasteiger partial charge in [-0.25, -0.2) is 0 Å². The Hall–Kier alpha value is -1.32. The summed E-state index contributed by atoms with van der Waals surface area (Å²) in [5.41, 5.74) is -0.796. The number of cyclic esters (lactones) is 1. The molecule has 1 fully saturated rings. The van der Waals surface area contributed by atoms with E-state index < -0.39 is 16.9 Å². The molecule has 0 aliphatic carbocycles. The molecule has 0 bridgehead atoms. The standard InChI is InChI=1S/C14H22O4/c1-7-17-11(15)10-13(4,5)12(16)18-14(10,6)8-9(2)3/h8,10H,7H2,1-6H3/t10-,14+/m1/s1. The van der Waals surface area contributed by atoms with Crippen molar-refractivity contribution in [3.63, 3.8) is 0 Å². The van der Waals surface area contributed by atoms with Crippen LogP contribution in [0.4, 0.5) is 0 Å². The zero-order chi connectivity index (χ0) is 14.1. The Morgan fingerprint density at radius 3 is 2.39 bits per heavy atom. The third-order valence-electron chi connectivity index (χ3n) is 3.23. The second kappa shape index (κ2) is 4.75. The molecule has 1 aliphatic heterocycles. The number of hydrogen-bond acceptors (Lipinski definition) is 4. The van der Waals surface area contributed by atoms with E-state index in [4.69, 9.17) is 9.47 Å². The quantitative estimate of drug-likeness (QED) is 0.573. The van der Waals surface area contributed by atoms with E-state index in [2.05, 4.69) is 0 Å². The molecule has 0 spiro atoms. The molecule has 1 heterocycles. The van der Waals surface area contributed by atoms with Crippen LogP contribution in [0.25, 0.3) is 0 Å². The highest BCUT2D eigenvalue weighted by molar-refractivity contribution is 5.89. The van der Waals surface area contributed by atoms with Crippen molar-refractivity contribution < 1.29 is 19.1 Å². The summed E-state index contributed by atoms with van der Waals surface area (Å²) < 4.78 is 10.5. The van der Waals surface area contributed by atoms with Crippen molar-refractivity contribution in [2.75, 3.05) is 6.61 Å². The van der Waals surface area contributed by atoms with Gasteiger partial charge in [0.05, 0.1) is 12.0 Å². The van der Waals surface area contributed by atoms with Crippen LogP contribution in [0.2, 0.25) is 0 Å². The molecule has 0 aromatic heterocycles. The number of allylic oxidation sites excluding steroid dienone is 1. The Balaban J connectivity index is 3.23. The minimum atomic E-state index is -0.925. The van der Waals surface area contributed by atoms with Crippen molar-refractivity contribution in [1.82, 2.24) is 0 Å². The fourth-order valence-corrected chi connectivity index (χ4v) is 2.66. The predicted molar refractivity (Wildman–Crippen MR) is 67.8 cm³/mol. The SMILES string of the molecule is CCOC(=O)[C@@H]1C(C)(C)C(=O)O[C@@]1(C)C=C(C)C. The molecular formula is C14H22O4. The van der Waals surface area contributed by atoms with Crippen LogP contribution in [0.5, 0.6) is 0 Å². The van der Waals surface area contributed by atoms with Crippen molar-refractivity contribution in [2.24, 2.45) is 11.3 Å². The smallest absolute Gasteiger partial charge is 0.314 e. The van der Waals surface area contributed by atoms with Gasteiger partial charge in [-0.1, -0.05) is 5.57 Å². The number of rotatable bonds is 3. The molecule has 1 saturated heterocycles. The highest BCUT2D eigenvalue weighted by atomic mass is 16.6. The lowest BCUT2D eigenvalue weighted by molar-refractivity contribution is -0.154. The first-order chi connectivity index (χ1) is 8.15. The summed E-state index contributed by atoms with van der Waals surface area (Å²) in [4.78, 5) is 24.1. The lowest BCUT2D eigenvalue weighted by Gasteiger charge is -2.29. The molecule has 4 nitrogen and oxygen atoms in total. The zero-order valence-corrected chi connectivity index (χ0v) is 12.0. The number of hydrogen-bond donors (Lipinski definition) is 0. The average Bonchev–Trinajstić information content (AvgIpc) is 2.31. The Morgan fingerprint density at radius 1 is 1.39 bits per heavy atom. The molecule has 0 N–H and O–H groups in total. The maximum atomic E-state index is 12.1. The van der Waals surface area contributed by atoms with Crippen molar-refractivity contribution in [3.8, 4) is 0 Å². The van der Waals surface area contributed by atoms with Gasteiger partial charge in [0.2, 0.25) is 0 Å². The summed E-state index contributed by atoms with van der Waals surface area (Å²) in [5.74, 6) is -1.36. The van der Waals surface area contributed by atoms with Crippen LogP contribution in [0.3, 0.4) is 0 Å². The lowest BCUT2D eigenvalue weighted by Crippen LogP contribution is -2.42. The molecule has 1 rings (SSSR count). The van der Waals surface area contributed by atoms with Gasteiger partial charge in [0.1, 0.15) is 11.5 Å². The molecule has 102 valence electrons. The minimum Gasteiger partial charge on any atom is -0.466 e. The van der Waals surface area contributed by atoms with Crippen molar-refractivity contribution in [3.05, 3.63) is 11.6 Å². The van der Waals surface area contributed by atoms with Gasteiger partial charge >= 0.3 is 11.9 Å². The van der Waals surface area contributed by atoms with Crippen molar-refractivity contribution >= 4 is 11.9 Å². The third-order valence-corrected chi connectivity index (χ3v) is 3.23. The molecule has 1 aliphatic rings. The Bertz CT molecular complexity index is 391. The molecule has 18 heavy (non-hydrogen) atoms. The first kappa shape index (κ1) is 14.7. The molecule has 0 unspecified atom stereocenters. The number of ether oxygens (including phenoxy) is 2. The number of carbonyl (C=O) groups is 2. The average molecular weight is 254 g/mol. The van der Waals surface area contributed by atoms with Crippen LogP contribution in [-0.4, -0.2) is 24.1 Å². The Labute approximate surface area is 108 Å². The van der Waals surface area contributed by atoms with E-state index in [0.29, 0.717) is 6.61 Å². The van der Waals surface area contributed by atoms with Gasteiger partial charge in [-0.2, -0.15) is 0 Å². The van der Waals surface area contributed by atoms with Crippen LogP contribution in [0, 0.1) is 11.3 Å². The zero-order valence-electron chi connectivity index (χ0n) is 12.0. The summed E-state index contributed by atoms with van der Waals surface area (Å²) in [6.45, 7) is 11.1. The van der Waals surface area contributed by atoms with Gasteiger partial charge in [-0.05, 0) is 47.6 Å². The van der Waals surface area contributed by atoms with Gasteiger partial charge in [-0.3, -0.25) is 9.59 Å². The largest absolute Gasteiger partial charge is 0.466 e. The fraction of sp³-hybridized carbons (Fsp3) is 0.714. The third kappa shape index (κ3) is 2.42. The van der Waals surface area contributed by atoms with Crippen LogP contribution in [0.1, 0.15) is 41.5 Å². The second-order valence-electron chi connectivity index (χ2n) is 5.70. The molecule has 0 aromatic carbocycles. The fourth-order valence-electron chi connectivity index (χ4n) is 2.66. The highest BCUT2D eigenvalue weighted by Crippen LogP contribution is 2.47. The molecule has 0 radical (unpaired) electrons. The summed E-state index contributed by atoms with van der Waals surface area (Å²) in [6, 6.07) is 0. The Kier molecular flexibility index (Phi) is 3.89. The van der Waals surface area contributed by atoms with E-state index in [1.807, 2.05) is 19.9 Å². The first-order valence-corrected chi connectivity index (χ1v) is 6.21. The monoisotopic (exact) mass is 254 g/mol. The van der Waals surface area contributed by atoms with Crippen LogP contribution in [-0.2, 0) is 19.1 Å². The van der Waals surface area contributed by atoms with Gasteiger partial charge in [0.25, 0.3) is 0 Å². The van der Waals surface area contributed by atoms with Gasteiger partial charge in [0, 0.05) is 0 Å². The summed E-state index contributed by atoms with van der Waals surface area (Å²) in [7, 11) is 0. The van der Waals surface area contributed by atoms with Crippen LogP contribution >= 0.6 is 0 Å². The van der Waals surface area contributed by atoms with E-state index in [1.165, 1.54) is 0 Å². The Morgan fingerprint density at radius 2 is 1.94 bits per heavy atom. The molecule has 0 saturated carbocycles.